The molecule has 0 radical (unpaired) electrons. The topological polar surface area (TPSA) is 70.1 Å². The molecule has 6 nitrogen and oxygen atoms in total. The summed E-state index contributed by atoms with van der Waals surface area (Å²) in [6, 6.07) is -0.843. The van der Waals surface area contributed by atoms with Crippen molar-refractivity contribution in [3.8, 4) is 0 Å². The maximum absolute atomic E-state index is 12.5. The zero-order valence-corrected chi connectivity index (χ0v) is 10.9. The molecule has 6 heteroatoms. The van der Waals surface area contributed by atoms with E-state index in [2.05, 4.69) is 0 Å². The number of hydrogen-bond donors (Lipinski definition) is 1. The molecule has 2 rings (SSSR count). The molecular formula is C12H20N2O4. The molecule has 0 aromatic carbocycles. The second kappa shape index (κ2) is 4.76. The fourth-order valence-corrected chi connectivity index (χ4v) is 2.62. The Kier molecular flexibility index (Phi) is 3.47. The van der Waals surface area contributed by atoms with Crippen LogP contribution in [0.1, 0.15) is 26.7 Å². The van der Waals surface area contributed by atoms with Gasteiger partial charge < -0.3 is 19.6 Å². The van der Waals surface area contributed by atoms with E-state index in [1.165, 1.54) is 4.90 Å². The smallest absolute Gasteiger partial charge is 0.326 e. The van der Waals surface area contributed by atoms with Gasteiger partial charge in [-0.2, -0.15) is 0 Å². The number of carbonyl (C=O) groups is 2. The van der Waals surface area contributed by atoms with Crippen LogP contribution >= 0.6 is 0 Å². The van der Waals surface area contributed by atoms with Gasteiger partial charge in [0.15, 0.2) is 0 Å². The highest BCUT2D eigenvalue weighted by molar-refractivity contribution is 5.83. The lowest BCUT2D eigenvalue weighted by Crippen LogP contribution is -2.60. The lowest BCUT2D eigenvalue weighted by Gasteiger charge is -2.44. The molecular weight excluding hydrogens is 236 g/mol. The summed E-state index contributed by atoms with van der Waals surface area (Å²) in [6.45, 7) is 5.94. The second-order valence-electron chi connectivity index (χ2n) is 5.49. The number of rotatable bonds is 1. The van der Waals surface area contributed by atoms with Gasteiger partial charge in [-0.15, -0.1) is 0 Å². The van der Waals surface area contributed by atoms with Gasteiger partial charge in [-0.1, -0.05) is 0 Å². The van der Waals surface area contributed by atoms with Crippen molar-refractivity contribution in [1.29, 1.82) is 0 Å². The fourth-order valence-electron chi connectivity index (χ4n) is 2.62. The van der Waals surface area contributed by atoms with Gasteiger partial charge >= 0.3 is 12.0 Å². The maximum Gasteiger partial charge on any atom is 0.326 e. The summed E-state index contributed by atoms with van der Waals surface area (Å²) in [7, 11) is 0. The number of carboxylic acid groups (broad SMARTS) is 1. The Morgan fingerprint density at radius 1 is 1.33 bits per heavy atom. The first-order valence-corrected chi connectivity index (χ1v) is 6.32. The summed E-state index contributed by atoms with van der Waals surface area (Å²) < 4.78 is 5.37. The molecule has 2 fully saturated rings. The monoisotopic (exact) mass is 256 g/mol. The molecule has 18 heavy (non-hydrogen) atoms. The normalized spacial score (nSPS) is 27.3. The Hall–Kier alpha value is -1.30. The second-order valence-corrected chi connectivity index (χ2v) is 5.49. The standard InChI is InChI=1S/C12H20N2O4/c1-12(2)8-18-7-6-14(12)11(17)13-5-3-4-9(13)10(15)16/h9H,3-8H2,1-2H3,(H,15,16)/t9-/m0/s1. The number of carboxylic acids is 1. The average Bonchev–Trinajstić information content (AvgIpc) is 2.76. The number of likely N-dealkylation sites (tertiary alicyclic amines) is 1. The van der Waals surface area contributed by atoms with E-state index >= 15 is 0 Å². The SMILES string of the molecule is CC1(C)COCCN1C(=O)N1CCC[C@H]1C(=O)O. The number of amides is 2. The minimum absolute atomic E-state index is 0.173. The van der Waals surface area contributed by atoms with Gasteiger partial charge in [0, 0.05) is 13.1 Å². The van der Waals surface area contributed by atoms with Crippen molar-refractivity contribution in [3.63, 3.8) is 0 Å². The summed E-state index contributed by atoms with van der Waals surface area (Å²) in [5.41, 5.74) is -0.374. The Balaban J connectivity index is 2.12. The van der Waals surface area contributed by atoms with Crippen molar-refractivity contribution in [3.05, 3.63) is 0 Å². The van der Waals surface area contributed by atoms with Crippen LogP contribution in [0.15, 0.2) is 0 Å². The number of aliphatic carboxylic acids is 1. The van der Waals surface area contributed by atoms with Gasteiger partial charge in [0.25, 0.3) is 0 Å². The van der Waals surface area contributed by atoms with E-state index in [4.69, 9.17) is 9.84 Å². The van der Waals surface area contributed by atoms with Crippen LogP contribution in [-0.2, 0) is 9.53 Å². The lowest BCUT2D eigenvalue weighted by molar-refractivity contribution is -0.141. The van der Waals surface area contributed by atoms with Crippen LogP contribution in [0, 0.1) is 0 Å². The Morgan fingerprint density at radius 2 is 2.06 bits per heavy atom. The van der Waals surface area contributed by atoms with E-state index in [-0.39, 0.29) is 11.6 Å². The number of morpholine rings is 1. The first-order valence-electron chi connectivity index (χ1n) is 6.32. The number of urea groups is 1. The Morgan fingerprint density at radius 3 is 2.67 bits per heavy atom. The van der Waals surface area contributed by atoms with Crippen molar-refractivity contribution >= 4 is 12.0 Å². The van der Waals surface area contributed by atoms with E-state index in [0.29, 0.717) is 32.7 Å². The molecule has 2 heterocycles. The minimum atomic E-state index is -0.910. The Labute approximate surface area is 106 Å². The number of ether oxygens (including phenoxy) is 1. The number of nitrogens with zero attached hydrogens (tertiary/aromatic N) is 2. The quantitative estimate of drug-likeness (QED) is 0.752. The van der Waals surface area contributed by atoms with Crippen LogP contribution in [0.25, 0.3) is 0 Å². The third-order valence-corrected chi connectivity index (χ3v) is 3.66. The molecule has 1 N–H and O–H groups in total. The molecule has 0 aromatic rings. The molecule has 2 aliphatic heterocycles. The predicted molar refractivity (Wildman–Crippen MR) is 64.4 cm³/mol. The summed E-state index contributed by atoms with van der Waals surface area (Å²) >= 11 is 0. The van der Waals surface area contributed by atoms with E-state index in [0.717, 1.165) is 6.42 Å². The third-order valence-electron chi connectivity index (χ3n) is 3.66. The van der Waals surface area contributed by atoms with Gasteiger partial charge in [-0.05, 0) is 26.7 Å². The average molecular weight is 256 g/mol. The third kappa shape index (κ3) is 2.29. The van der Waals surface area contributed by atoms with E-state index in [9.17, 15) is 9.59 Å². The minimum Gasteiger partial charge on any atom is -0.480 e. The van der Waals surface area contributed by atoms with Gasteiger partial charge in [0.1, 0.15) is 6.04 Å². The van der Waals surface area contributed by atoms with Crippen LogP contribution < -0.4 is 0 Å². The van der Waals surface area contributed by atoms with Crippen LogP contribution in [0.3, 0.4) is 0 Å². The first kappa shape index (κ1) is 13.1. The molecule has 102 valence electrons. The molecule has 2 amide bonds. The van der Waals surface area contributed by atoms with Crippen molar-refractivity contribution < 1.29 is 19.4 Å². The van der Waals surface area contributed by atoms with Crippen molar-refractivity contribution in [2.24, 2.45) is 0 Å². The molecule has 2 aliphatic rings. The molecule has 0 spiro atoms. The highest BCUT2D eigenvalue weighted by Crippen LogP contribution is 2.25. The number of hydrogen-bond acceptors (Lipinski definition) is 3. The van der Waals surface area contributed by atoms with Gasteiger partial charge in [0.05, 0.1) is 18.8 Å². The fraction of sp³-hybridized carbons (Fsp3) is 0.833. The largest absolute Gasteiger partial charge is 0.480 e. The van der Waals surface area contributed by atoms with Crippen molar-refractivity contribution in [1.82, 2.24) is 9.80 Å². The van der Waals surface area contributed by atoms with Crippen LogP contribution in [-0.4, -0.2) is 64.8 Å². The molecule has 0 aromatic heterocycles. The predicted octanol–water partition coefficient (Wildman–Crippen LogP) is 0.766. The van der Waals surface area contributed by atoms with E-state index in [1.54, 1.807) is 4.90 Å². The summed E-state index contributed by atoms with van der Waals surface area (Å²) in [4.78, 5) is 26.8. The highest BCUT2D eigenvalue weighted by Gasteiger charge is 2.41. The summed E-state index contributed by atoms with van der Waals surface area (Å²) in [6.07, 6.45) is 1.30. The highest BCUT2D eigenvalue weighted by atomic mass is 16.5. The molecule has 0 aliphatic carbocycles. The lowest BCUT2D eigenvalue weighted by atomic mass is 10.0. The molecule has 0 bridgehead atoms. The molecule has 2 saturated heterocycles. The van der Waals surface area contributed by atoms with Crippen LogP contribution in [0.4, 0.5) is 4.79 Å². The first-order chi connectivity index (χ1) is 8.43. The molecule has 1 atom stereocenters. The van der Waals surface area contributed by atoms with Gasteiger partial charge in [0.2, 0.25) is 0 Å². The van der Waals surface area contributed by atoms with E-state index in [1.807, 2.05) is 13.8 Å². The Bertz CT molecular complexity index is 356. The summed E-state index contributed by atoms with van der Waals surface area (Å²) in [5.74, 6) is -0.910. The van der Waals surface area contributed by atoms with Crippen LogP contribution in [0.5, 0.6) is 0 Å². The zero-order valence-electron chi connectivity index (χ0n) is 10.9. The number of carbonyl (C=O) groups excluding carboxylic acids is 1. The molecule has 0 saturated carbocycles. The molecule has 0 unspecified atom stereocenters. The maximum atomic E-state index is 12.5. The van der Waals surface area contributed by atoms with Crippen molar-refractivity contribution in [2.75, 3.05) is 26.3 Å². The van der Waals surface area contributed by atoms with Crippen LogP contribution in [0.2, 0.25) is 0 Å². The summed E-state index contributed by atoms with van der Waals surface area (Å²) in [5, 5.41) is 9.12. The zero-order chi connectivity index (χ0) is 13.3. The van der Waals surface area contributed by atoms with Gasteiger partial charge in [-0.3, -0.25) is 0 Å². The van der Waals surface area contributed by atoms with Crippen molar-refractivity contribution in [2.45, 2.75) is 38.3 Å². The van der Waals surface area contributed by atoms with E-state index < -0.39 is 12.0 Å². The van der Waals surface area contributed by atoms with Gasteiger partial charge in [-0.25, -0.2) is 9.59 Å².